The van der Waals surface area contributed by atoms with E-state index in [9.17, 15) is 0 Å². The Balaban J connectivity index is 1.34. The van der Waals surface area contributed by atoms with Crippen molar-refractivity contribution in [1.29, 1.82) is 0 Å². The summed E-state index contributed by atoms with van der Waals surface area (Å²) in [6.07, 6.45) is 14.9. The molecular formula is C35H30N2O4. The second-order valence-electron chi connectivity index (χ2n) is 8.83. The molecule has 0 amide bonds. The largest absolute Gasteiger partial charge is 0.493 e. The van der Waals surface area contributed by atoms with Crippen LogP contribution >= 0.6 is 0 Å². The van der Waals surface area contributed by atoms with Crippen LogP contribution in [-0.2, 0) is 6.42 Å². The summed E-state index contributed by atoms with van der Waals surface area (Å²) in [7, 11) is 3.19. The highest BCUT2D eigenvalue weighted by molar-refractivity contribution is 5.83. The van der Waals surface area contributed by atoms with Crippen LogP contribution in [0, 0.1) is 24.7 Å². The average Bonchev–Trinajstić information content (AvgIpc) is 3.02. The summed E-state index contributed by atoms with van der Waals surface area (Å²) in [4.78, 5) is 9.17. The van der Waals surface area contributed by atoms with Crippen LogP contribution in [-0.4, -0.2) is 39.9 Å². The zero-order valence-corrected chi connectivity index (χ0v) is 23.0. The molecule has 0 aliphatic carbocycles. The number of hydrogen-bond acceptors (Lipinski definition) is 6. The quantitative estimate of drug-likeness (QED) is 0.146. The maximum atomic E-state index is 5.49. The molecule has 4 aromatic rings. The summed E-state index contributed by atoms with van der Waals surface area (Å²) in [5.41, 5.74) is 5.89. The van der Waals surface area contributed by atoms with Gasteiger partial charge in [-0.1, -0.05) is 36.1 Å². The van der Waals surface area contributed by atoms with E-state index in [1.807, 2.05) is 60.7 Å². The zero-order valence-electron chi connectivity index (χ0n) is 23.0. The molecule has 4 aromatic carbocycles. The van der Waals surface area contributed by atoms with E-state index in [0.717, 1.165) is 28.9 Å². The van der Waals surface area contributed by atoms with Crippen LogP contribution in [0.5, 0.6) is 23.0 Å². The fraction of sp³-hybridized carbons (Fsp3) is 0.143. The molecule has 0 aliphatic rings. The molecule has 41 heavy (non-hydrogen) atoms. The summed E-state index contributed by atoms with van der Waals surface area (Å²) in [5, 5.41) is 0. The molecule has 6 nitrogen and oxygen atoms in total. The lowest BCUT2D eigenvalue weighted by Crippen LogP contribution is -1.97. The third kappa shape index (κ3) is 8.26. The molecule has 6 heteroatoms. The summed E-state index contributed by atoms with van der Waals surface area (Å²) in [5.74, 6) is 7.32. The van der Waals surface area contributed by atoms with E-state index in [2.05, 4.69) is 46.1 Å². The first-order valence-corrected chi connectivity index (χ1v) is 12.9. The molecule has 0 unspecified atom stereocenters. The number of ether oxygens (including phenoxy) is 4. The first-order chi connectivity index (χ1) is 20.1. The molecule has 0 bridgehead atoms. The Morgan fingerprint density at radius 3 is 1.37 bits per heavy atom. The Morgan fingerprint density at radius 2 is 1.00 bits per heavy atom. The van der Waals surface area contributed by atoms with Gasteiger partial charge < -0.3 is 18.9 Å². The zero-order chi connectivity index (χ0) is 28.9. The molecule has 0 heterocycles. The molecule has 0 spiro atoms. The predicted octanol–water partition coefficient (Wildman–Crippen LogP) is 6.82. The fourth-order valence-corrected chi connectivity index (χ4v) is 3.94. The van der Waals surface area contributed by atoms with E-state index < -0.39 is 0 Å². The second-order valence-corrected chi connectivity index (χ2v) is 8.83. The third-order valence-corrected chi connectivity index (χ3v) is 6.00. The minimum Gasteiger partial charge on any atom is -0.493 e. The average molecular weight is 543 g/mol. The Labute approximate surface area is 241 Å². The number of terminal acetylenes is 2. The van der Waals surface area contributed by atoms with Crippen molar-refractivity contribution in [3.63, 3.8) is 0 Å². The van der Waals surface area contributed by atoms with Gasteiger partial charge in [-0.25, -0.2) is 0 Å². The number of nitrogens with zero attached hydrogens (tertiary/aromatic N) is 2. The molecule has 0 radical (unpaired) electrons. The van der Waals surface area contributed by atoms with Crippen molar-refractivity contribution in [3.8, 4) is 47.7 Å². The fourth-order valence-electron chi connectivity index (χ4n) is 3.94. The van der Waals surface area contributed by atoms with E-state index >= 15 is 0 Å². The standard InChI is InChI=1S/C35H30N2O4/c1-5-19-40-32-17-11-28(22-34(32)38-3)24-36-30-13-7-26(8-14-30)21-27-9-15-31(16-10-27)37-25-29-12-18-33(41-20-6-2)35(23-29)39-4/h1-2,7-18,22-25H,19-21H2,3-4H3. The van der Waals surface area contributed by atoms with E-state index in [1.165, 1.54) is 11.1 Å². The van der Waals surface area contributed by atoms with E-state index in [1.54, 1.807) is 26.6 Å². The van der Waals surface area contributed by atoms with Gasteiger partial charge in [0.25, 0.3) is 0 Å². The Kier molecular flexibility index (Phi) is 10.2. The van der Waals surface area contributed by atoms with Gasteiger partial charge in [0, 0.05) is 12.4 Å². The Bertz CT molecular complexity index is 1470. The number of aliphatic imine (C=N–C) groups is 2. The number of methoxy groups -OCH3 is 2. The lowest BCUT2D eigenvalue weighted by molar-refractivity contribution is 0.331. The van der Waals surface area contributed by atoms with Crippen molar-refractivity contribution >= 4 is 23.8 Å². The van der Waals surface area contributed by atoms with Crippen LogP contribution < -0.4 is 18.9 Å². The highest BCUT2D eigenvalue weighted by Crippen LogP contribution is 2.29. The maximum Gasteiger partial charge on any atom is 0.162 e. The second kappa shape index (κ2) is 14.6. The van der Waals surface area contributed by atoms with Crippen molar-refractivity contribution in [2.45, 2.75) is 6.42 Å². The molecule has 204 valence electrons. The van der Waals surface area contributed by atoms with Crippen LogP contribution in [0.4, 0.5) is 11.4 Å². The summed E-state index contributed by atoms with van der Waals surface area (Å²) < 4.78 is 21.8. The van der Waals surface area contributed by atoms with Crippen LogP contribution in [0.1, 0.15) is 22.3 Å². The van der Waals surface area contributed by atoms with Gasteiger partial charge in [0.2, 0.25) is 0 Å². The van der Waals surface area contributed by atoms with Gasteiger partial charge in [-0.2, -0.15) is 0 Å². The monoisotopic (exact) mass is 542 g/mol. The number of hydrogen-bond donors (Lipinski definition) is 0. The van der Waals surface area contributed by atoms with Gasteiger partial charge in [-0.15, -0.1) is 12.8 Å². The Hall–Kier alpha value is -5.46. The van der Waals surface area contributed by atoms with Crippen molar-refractivity contribution < 1.29 is 18.9 Å². The van der Waals surface area contributed by atoms with Gasteiger partial charge in [-0.05, 0) is 89.3 Å². The van der Waals surface area contributed by atoms with Gasteiger partial charge >= 0.3 is 0 Å². The molecule has 4 rings (SSSR count). The number of benzene rings is 4. The molecule has 0 fully saturated rings. The predicted molar refractivity (Wildman–Crippen MR) is 165 cm³/mol. The van der Waals surface area contributed by atoms with Gasteiger partial charge in [0.05, 0.1) is 25.6 Å². The summed E-state index contributed by atoms with van der Waals surface area (Å²) in [6.45, 7) is 0.370. The topological polar surface area (TPSA) is 61.6 Å². The minimum atomic E-state index is 0.185. The van der Waals surface area contributed by atoms with Crippen LogP contribution in [0.25, 0.3) is 0 Å². The van der Waals surface area contributed by atoms with Gasteiger partial charge in [0.15, 0.2) is 23.0 Å². The van der Waals surface area contributed by atoms with Crippen LogP contribution in [0.15, 0.2) is 94.9 Å². The van der Waals surface area contributed by atoms with Crippen molar-refractivity contribution in [2.75, 3.05) is 27.4 Å². The molecule has 0 N–H and O–H groups in total. The highest BCUT2D eigenvalue weighted by Gasteiger charge is 2.06. The first kappa shape index (κ1) is 28.5. The molecular weight excluding hydrogens is 512 g/mol. The van der Waals surface area contributed by atoms with Crippen molar-refractivity contribution in [3.05, 3.63) is 107 Å². The lowest BCUT2D eigenvalue weighted by atomic mass is 10.0. The van der Waals surface area contributed by atoms with Crippen molar-refractivity contribution in [2.24, 2.45) is 9.98 Å². The van der Waals surface area contributed by atoms with E-state index in [-0.39, 0.29) is 13.2 Å². The molecule has 0 saturated heterocycles. The van der Waals surface area contributed by atoms with E-state index in [4.69, 9.17) is 31.8 Å². The SMILES string of the molecule is C#CCOc1ccc(C=Nc2ccc(Cc3ccc(N=Cc4ccc(OCC#C)c(OC)c4)cc3)cc2)cc1OC. The van der Waals surface area contributed by atoms with Crippen LogP contribution in [0.2, 0.25) is 0 Å². The smallest absolute Gasteiger partial charge is 0.162 e. The minimum absolute atomic E-state index is 0.185. The normalized spacial score (nSPS) is 10.7. The van der Waals surface area contributed by atoms with Crippen molar-refractivity contribution in [1.82, 2.24) is 0 Å². The van der Waals surface area contributed by atoms with Gasteiger partial charge in [-0.3, -0.25) is 9.98 Å². The first-order valence-electron chi connectivity index (χ1n) is 12.9. The molecule has 0 saturated carbocycles. The third-order valence-electron chi connectivity index (χ3n) is 6.00. The Morgan fingerprint density at radius 1 is 0.585 bits per heavy atom. The van der Waals surface area contributed by atoms with Gasteiger partial charge in [0.1, 0.15) is 13.2 Å². The number of rotatable bonds is 12. The molecule has 0 aromatic heterocycles. The van der Waals surface area contributed by atoms with Crippen LogP contribution in [0.3, 0.4) is 0 Å². The summed E-state index contributed by atoms with van der Waals surface area (Å²) in [6, 6.07) is 27.5. The molecule has 0 atom stereocenters. The van der Waals surface area contributed by atoms with E-state index in [0.29, 0.717) is 23.0 Å². The maximum absolute atomic E-state index is 5.49. The highest BCUT2D eigenvalue weighted by atomic mass is 16.5. The molecule has 0 aliphatic heterocycles. The summed E-state index contributed by atoms with van der Waals surface area (Å²) >= 11 is 0. The lowest BCUT2D eigenvalue weighted by Gasteiger charge is -2.09.